The maximum Gasteiger partial charge on any atom is 0.356 e. The molecule has 0 saturated carbocycles. The summed E-state index contributed by atoms with van der Waals surface area (Å²) in [5, 5.41) is 7.56. The second-order valence-electron chi connectivity index (χ2n) is 3.80. The van der Waals surface area contributed by atoms with Gasteiger partial charge in [-0.25, -0.2) is 4.79 Å². The molecule has 0 unspecified atom stereocenters. The predicted octanol–water partition coefficient (Wildman–Crippen LogP) is 1.29. The molecule has 1 rings (SSSR count). The Morgan fingerprint density at radius 3 is 2.31 bits per heavy atom. The van der Waals surface area contributed by atoms with Crippen LogP contribution < -0.4 is 0 Å². The van der Waals surface area contributed by atoms with Gasteiger partial charge in [0.25, 0.3) is 0 Å². The van der Waals surface area contributed by atoms with Gasteiger partial charge in [-0.1, -0.05) is 24.3 Å². The zero-order chi connectivity index (χ0) is 12.1. The maximum absolute atomic E-state index is 11.1. The summed E-state index contributed by atoms with van der Waals surface area (Å²) in [6.45, 7) is 0.839. The van der Waals surface area contributed by atoms with Crippen molar-refractivity contribution < 1.29 is 9.53 Å². The highest BCUT2D eigenvalue weighted by Gasteiger charge is 2.11. The second-order valence-corrected chi connectivity index (χ2v) is 3.80. The summed E-state index contributed by atoms with van der Waals surface area (Å²) in [6.07, 6.45) is 0. The van der Waals surface area contributed by atoms with Gasteiger partial charge in [0, 0.05) is 12.1 Å². The van der Waals surface area contributed by atoms with Crippen LogP contribution in [0.2, 0.25) is 0 Å². The van der Waals surface area contributed by atoms with Gasteiger partial charge in [0.15, 0.2) is 0 Å². The van der Waals surface area contributed by atoms with Crippen LogP contribution in [0.25, 0.3) is 0 Å². The van der Waals surface area contributed by atoms with Gasteiger partial charge in [-0.2, -0.15) is 0 Å². The number of carbonyl (C=O) groups excluding carboxylic acids is 1. The number of ether oxygens (including phenoxy) is 1. The van der Waals surface area contributed by atoms with Crippen molar-refractivity contribution in [1.29, 1.82) is 5.41 Å². The number of methoxy groups -OCH3 is 1. The smallest absolute Gasteiger partial charge is 0.356 e. The van der Waals surface area contributed by atoms with Crippen LogP contribution in [0.15, 0.2) is 24.3 Å². The fourth-order valence-corrected chi connectivity index (χ4v) is 1.36. The number of hydrogen-bond acceptors (Lipinski definition) is 4. The number of rotatable bonds is 4. The van der Waals surface area contributed by atoms with E-state index in [1.807, 2.05) is 26.2 Å². The lowest BCUT2D eigenvalue weighted by Gasteiger charge is -2.10. The van der Waals surface area contributed by atoms with Crippen LogP contribution in [0, 0.1) is 5.41 Å². The molecule has 0 aliphatic heterocycles. The highest BCUT2D eigenvalue weighted by Crippen LogP contribution is 2.07. The molecule has 0 amide bonds. The molecule has 0 radical (unpaired) electrons. The first kappa shape index (κ1) is 12.4. The number of carbonyl (C=O) groups is 1. The van der Waals surface area contributed by atoms with Crippen LogP contribution in [0.1, 0.15) is 11.1 Å². The molecule has 0 spiro atoms. The van der Waals surface area contributed by atoms with Crippen molar-refractivity contribution in [2.24, 2.45) is 0 Å². The Morgan fingerprint density at radius 2 is 1.88 bits per heavy atom. The molecule has 0 saturated heterocycles. The Kier molecular flexibility index (Phi) is 4.19. The van der Waals surface area contributed by atoms with Gasteiger partial charge < -0.3 is 9.64 Å². The molecule has 4 nitrogen and oxygen atoms in total. The third-order valence-electron chi connectivity index (χ3n) is 2.13. The lowest BCUT2D eigenvalue weighted by molar-refractivity contribution is -0.132. The Balaban J connectivity index is 2.78. The topological polar surface area (TPSA) is 53.4 Å². The van der Waals surface area contributed by atoms with Crippen molar-refractivity contribution in [3.05, 3.63) is 35.4 Å². The minimum Gasteiger partial charge on any atom is -0.464 e. The quantitative estimate of drug-likeness (QED) is 0.614. The van der Waals surface area contributed by atoms with E-state index in [-0.39, 0.29) is 5.71 Å². The van der Waals surface area contributed by atoms with Crippen LogP contribution >= 0.6 is 0 Å². The Bertz CT molecular complexity index is 383. The van der Waals surface area contributed by atoms with Crippen LogP contribution in [0.5, 0.6) is 0 Å². The van der Waals surface area contributed by atoms with E-state index < -0.39 is 5.97 Å². The van der Waals surface area contributed by atoms with Crippen molar-refractivity contribution in [3.8, 4) is 0 Å². The van der Waals surface area contributed by atoms with Gasteiger partial charge in [0.1, 0.15) is 5.71 Å². The number of esters is 1. The van der Waals surface area contributed by atoms with E-state index in [1.165, 1.54) is 7.11 Å². The lowest BCUT2D eigenvalue weighted by Crippen LogP contribution is -2.16. The third-order valence-corrected chi connectivity index (χ3v) is 2.13. The van der Waals surface area contributed by atoms with Gasteiger partial charge in [0.2, 0.25) is 0 Å². The summed E-state index contributed by atoms with van der Waals surface area (Å²) in [5.74, 6) is -0.611. The largest absolute Gasteiger partial charge is 0.464 e. The summed E-state index contributed by atoms with van der Waals surface area (Å²) in [7, 11) is 5.26. The van der Waals surface area contributed by atoms with Crippen LogP contribution in [-0.2, 0) is 16.1 Å². The van der Waals surface area contributed by atoms with Gasteiger partial charge in [0.05, 0.1) is 7.11 Å². The average molecular weight is 220 g/mol. The van der Waals surface area contributed by atoms with Crippen molar-refractivity contribution in [2.75, 3.05) is 21.2 Å². The van der Waals surface area contributed by atoms with Crippen LogP contribution in [0.3, 0.4) is 0 Å². The number of nitrogens with zero attached hydrogens (tertiary/aromatic N) is 1. The average Bonchev–Trinajstić information content (AvgIpc) is 2.27. The molecule has 0 fully saturated rings. The molecule has 0 aliphatic carbocycles. The van der Waals surface area contributed by atoms with Gasteiger partial charge >= 0.3 is 5.97 Å². The molecule has 86 valence electrons. The summed E-state index contributed by atoms with van der Waals surface area (Å²) in [5.41, 5.74) is 1.61. The van der Waals surface area contributed by atoms with E-state index in [2.05, 4.69) is 9.64 Å². The normalized spacial score (nSPS) is 10.2. The molecule has 0 atom stereocenters. The minimum absolute atomic E-state index is 0.112. The van der Waals surface area contributed by atoms with Crippen molar-refractivity contribution in [3.63, 3.8) is 0 Å². The SMILES string of the molecule is COC(=O)C(=N)c1ccc(CN(C)C)cc1. The summed E-state index contributed by atoms with van der Waals surface area (Å²) < 4.78 is 4.49. The summed E-state index contributed by atoms with van der Waals surface area (Å²) >= 11 is 0. The van der Waals surface area contributed by atoms with Crippen molar-refractivity contribution in [2.45, 2.75) is 6.54 Å². The first-order valence-corrected chi connectivity index (χ1v) is 4.95. The first-order valence-electron chi connectivity index (χ1n) is 4.95. The molecular formula is C12H16N2O2. The van der Waals surface area contributed by atoms with Crippen molar-refractivity contribution >= 4 is 11.7 Å². The molecule has 0 heterocycles. The standard InChI is InChI=1S/C12H16N2O2/c1-14(2)8-9-4-6-10(7-5-9)11(13)12(15)16-3/h4-7,13H,8H2,1-3H3. The minimum atomic E-state index is -0.611. The molecule has 0 aliphatic rings. The second kappa shape index (κ2) is 5.42. The zero-order valence-electron chi connectivity index (χ0n) is 9.78. The summed E-state index contributed by atoms with van der Waals surface area (Å²) in [4.78, 5) is 13.2. The molecule has 16 heavy (non-hydrogen) atoms. The highest BCUT2D eigenvalue weighted by molar-refractivity contribution is 6.41. The number of benzene rings is 1. The molecule has 4 heteroatoms. The van der Waals surface area contributed by atoms with E-state index in [0.717, 1.165) is 12.1 Å². The van der Waals surface area contributed by atoms with E-state index in [0.29, 0.717) is 5.56 Å². The van der Waals surface area contributed by atoms with E-state index in [9.17, 15) is 4.79 Å². The Morgan fingerprint density at radius 1 is 1.31 bits per heavy atom. The maximum atomic E-state index is 11.1. The highest BCUT2D eigenvalue weighted by atomic mass is 16.5. The fraction of sp³-hybridized carbons (Fsp3) is 0.333. The van der Waals surface area contributed by atoms with Crippen LogP contribution in [-0.4, -0.2) is 37.8 Å². The zero-order valence-corrected chi connectivity index (χ0v) is 9.78. The fourth-order valence-electron chi connectivity index (χ4n) is 1.36. The number of hydrogen-bond donors (Lipinski definition) is 1. The third kappa shape index (κ3) is 3.17. The first-order chi connectivity index (χ1) is 7.54. The molecule has 0 bridgehead atoms. The molecule has 0 aromatic heterocycles. The van der Waals surface area contributed by atoms with E-state index in [1.54, 1.807) is 12.1 Å². The Labute approximate surface area is 95.3 Å². The molecule has 1 aromatic rings. The molecule has 1 N–H and O–H groups in total. The van der Waals surface area contributed by atoms with E-state index in [4.69, 9.17) is 5.41 Å². The van der Waals surface area contributed by atoms with Gasteiger partial charge in [-0.15, -0.1) is 0 Å². The van der Waals surface area contributed by atoms with E-state index >= 15 is 0 Å². The van der Waals surface area contributed by atoms with Crippen LogP contribution in [0.4, 0.5) is 0 Å². The van der Waals surface area contributed by atoms with Gasteiger partial charge in [-0.3, -0.25) is 5.41 Å². The number of nitrogens with one attached hydrogen (secondary N) is 1. The van der Waals surface area contributed by atoms with Gasteiger partial charge in [-0.05, 0) is 19.7 Å². The lowest BCUT2D eigenvalue weighted by atomic mass is 10.1. The Hall–Kier alpha value is -1.68. The monoisotopic (exact) mass is 220 g/mol. The molecular weight excluding hydrogens is 204 g/mol. The predicted molar refractivity (Wildman–Crippen MR) is 62.7 cm³/mol. The molecule has 1 aromatic carbocycles. The van der Waals surface area contributed by atoms with Crippen molar-refractivity contribution in [1.82, 2.24) is 4.90 Å². The summed E-state index contributed by atoms with van der Waals surface area (Å²) in [6, 6.07) is 7.34.